The highest BCUT2D eigenvalue weighted by atomic mass is 15.4. The Labute approximate surface area is 129 Å². The first-order valence-corrected chi connectivity index (χ1v) is 8.18. The Balaban J connectivity index is 2.02. The van der Waals surface area contributed by atoms with Crippen LogP contribution in [-0.2, 0) is 13.6 Å². The first kappa shape index (κ1) is 16.3. The molecule has 0 unspecified atom stereocenters. The molecule has 0 bridgehead atoms. The fourth-order valence-electron chi connectivity index (χ4n) is 3.08. The van der Waals surface area contributed by atoms with Crippen molar-refractivity contribution in [2.45, 2.75) is 46.2 Å². The van der Waals surface area contributed by atoms with Gasteiger partial charge < -0.3 is 15.1 Å². The topological polar surface area (TPSA) is 36.3 Å². The van der Waals surface area contributed by atoms with E-state index in [1.165, 1.54) is 37.3 Å². The molecule has 0 aromatic carbocycles. The number of nitrogens with zero attached hydrogens (tertiary/aromatic N) is 4. The smallest absolute Gasteiger partial charge is 0.131 e. The van der Waals surface area contributed by atoms with Crippen molar-refractivity contribution < 1.29 is 0 Å². The van der Waals surface area contributed by atoms with Gasteiger partial charge >= 0.3 is 0 Å². The molecular formula is C16H31N5. The average Bonchev–Trinajstić information content (AvgIpc) is 3.01. The average molecular weight is 293 g/mol. The van der Waals surface area contributed by atoms with Crippen molar-refractivity contribution >= 4 is 5.82 Å². The van der Waals surface area contributed by atoms with Gasteiger partial charge in [0.05, 0.1) is 5.69 Å². The minimum Gasteiger partial charge on any atom is -0.358 e. The zero-order chi connectivity index (χ0) is 15.4. The minimum absolute atomic E-state index is 0.493. The van der Waals surface area contributed by atoms with Crippen molar-refractivity contribution in [3.05, 3.63) is 11.3 Å². The maximum absolute atomic E-state index is 4.61. The van der Waals surface area contributed by atoms with Crippen molar-refractivity contribution in [2.24, 2.45) is 7.05 Å². The molecule has 0 atom stereocenters. The third-order valence-corrected chi connectivity index (χ3v) is 4.31. The Bertz CT molecular complexity index is 446. The van der Waals surface area contributed by atoms with E-state index < -0.39 is 0 Å². The number of anilines is 1. The summed E-state index contributed by atoms with van der Waals surface area (Å²) in [6, 6.07) is 0.493. The number of nitrogens with one attached hydrogen (secondary N) is 1. The molecule has 0 amide bonds. The summed E-state index contributed by atoms with van der Waals surface area (Å²) in [4.78, 5) is 4.92. The van der Waals surface area contributed by atoms with E-state index in [-0.39, 0.29) is 0 Å². The van der Waals surface area contributed by atoms with Gasteiger partial charge in [0.2, 0.25) is 0 Å². The molecule has 1 aliphatic rings. The lowest BCUT2D eigenvalue weighted by Gasteiger charge is -2.24. The van der Waals surface area contributed by atoms with Gasteiger partial charge in [-0.1, -0.05) is 13.8 Å². The number of likely N-dealkylation sites (tertiary alicyclic amines) is 1. The molecule has 1 N–H and O–H groups in total. The lowest BCUT2D eigenvalue weighted by Crippen LogP contribution is -2.33. The van der Waals surface area contributed by atoms with E-state index in [0.29, 0.717) is 6.04 Å². The summed E-state index contributed by atoms with van der Waals surface area (Å²) in [6.07, 6.45) is 2.72. The molecule has 1 aromatic heterocycles. The number of likely N-dealkylation sites (N-methyl/N-ethyl adjacent to an activating group) is 1. The van der Waals surface area contributed by atoms with E-state index in [4.69, 9.17) is 0 Å². The fraction of sp³-hybridized carbons (Fsp3) is 0.812. The van der Waals surface area contributed by atoms with Gasteiger partial charge in [0.15, 0.2) is 0 Å². The maximum Gasteiger partial charge on any atom is 0.131 e. The van der Waals surface area contributed by atoms with Gasteiger partial charge in [-0.2, -0.15) is 5.10 Å². The van der Waals surface area contributed by atoms with Crippen LogP contribution >= 0.6 is 0 Å². The number of hydrogen-bond acceptors (Lipinski definition) is 4. The highest BCUT2D eigenvalue weighted by Gasteiger charge is 2.18. The monoisotopic (exact) mass is 293 g/mol. The molecule has 1 aromatic rings. The van der Waals surface area contributed by atoms with Crippen LogP contribution in [0.25, 0.3) is 0 Å². The van der Waals surface area contributed by atoms with E-state index in [9.17, 15) is 0 Å². The van der Waals surface area contributed by atoms with E-state index >= 15 is 0 Å². The number of rotatable bonds is 7. The summed E-state index contributed by atoms with van der Waals surface area (Å²) in [5.74, 6) is 1.25. The van der Waals surface area contributed by atoms with Crippen molar-refractivity contribution in [3.63, 3.8) is 0 Å². The van der Waals surface area contributed by atoms with Gasteiger partial charge in [-0.15, -0.1) is 0 Å². The number of aryl methyl sites for hydroxylation is 2. The summed E-state index contributed by atoms with van der Waals surface area (Å²) in [5, 5.41) is 8.13. The molecule has 1 saturated heterocycles. The van der Waals surface area contributed by atoms with Crippen LogP contribution in [0.15, 0.2) is 0 Å². The fourth-order valence-corrected chi connectivity index (χ4v) is 3.08. The maximum atomic E-state index is 4.61. The molecule has 0 spiro atoms. The highest BCUT2D eigenvalue weighted by Crippen LogP contribution is 2.22. The standard InChI is InChI=1S/C16H31N5/c1-13(2)17-12-15-14(3)18-20(5)16(15)19(4)10-11-21-8-6-7-9-21/h13,17H,6-12H2,1-5H3. The summed E-state index contributed by atoms with van der Waals surface area (Å²) in [6.45, 7) is 12.1. The molecule has 120 valence electrons. The molecule has 5 nitrogen and oxygen atoms in total. The summed E-state index contributed by atoms with van der Waals surface area (Å²) >= 11 is 0. The van der Waals surface area contributed by atoms with Gasteiger partial charge in [0, 0.05) is 45.3 Å². The minimum atomic E-state index is 0.493. The summed E-state index contributed by atoms with van der Waals surface area (Å²) in [7, 11) is 4.24. The van der Waals surface area contributed by atoms with Crippen LogP contribution < -0.4 is 10.2 Å². The van der Waals surface area contributed by atoms with Crippen LogP contribution in [0.5, 0.6) is 0 Å². The van der Waals surface area contributed by atoms with Gasteiger partial charge in [-0.3, -0.25) is 4.68 Å². The van der Waals surface area contributed by atoms with Gasteiger partial charge in [-0.05, 0) is 32.9 Å². The van der Waals surface area contributed by atoms with Crippen molar-refractivity contribution in [2.75, 3.05) is 38.1 Å². The van der Waals surface area contributed by atoms with Gasteiger partial charge in [-0.25, -0.2) is 0 Å². The van der Waals surface area contributed by atoms with Crippen molar-refractivity contribution in [1.29, 1.82) is 0 Å². The molecule has 5 heteroatoms. The Morgan fingerprint density at radius 2 is 1.95 bits per heavy atom. The first-order valence-electron chi connectivity index (χ1n) is 8.18. The Hall–Kier alpha value is -1.07. The van der Waals surface area contributed by atoms with E-state index in [1.807, 2.05) is 11.7 Å². The van der Waals surface area contributed by atoms with Crippen LogP contribution in [0.4, 0.5) is 5.82 Å². The number of aromatic nitrogens is 2. The van der Waals surface area contributed by atoms with Crippen molar-refractivity contribution in [1.82, 2.24) is 20.0 Å². The van der Waals surface area contributed by atoms with Crippen LogP contribution in [0.1, 0.15) is 37.9 Å². The molecule has 1 aliphatic heterocycles. The quantitative estimate of drug-likeness (QED) is 0.831. The Morgan fingerprint density at radius 1 is 1.29 bits per heavy atom. The zero-order valence-electron chi connectivity index (χ0n) is 14.3. The van der Waals surface area contributed by atoms with Gasteiger partial charge in [0.25, 0.3) is 0 Å². The van der Waals surface area contributed by atoms with Crippen molar-refractivity contribution in [3.8, 4) is 0 Å². The predicted molar refractivity (Wildman–Crippen MR) is 88.9 cm³/mol. The highest BCUT2D eigenvalue weighted by molar-refractivity contribution is 5.49. The molecule has 0 radical (unpaired) electrons. The molecule has 0 aliphatic carbocycles. The lowest BCUT2D eigenvalue weighted by atomic mass is 10.2. The second-order valence-electron chi connectivity index (χ2n) is 6.52. The third kappa shape index (κ3) is 4.20. The second-order valence-corrected chi connectivity index (χ2v) is 6.52. The summed E-state index contributed by atoms with van der Waals surface area (Å²) in [5.41, 5.74) is 2.46. The van der Waals surface area contributed by atoms with Crippen LogP contribution in [0, 0.1) is 6.92 Å². The summed E-state index contributed by atoms with van der Waals surface area (Å²) < 4.78 is 2.02. The molecule has 21 heavy (non-hydrogen) atoms. The Morgan fingerprint density at radius 3 is 2.57 bits per heavy atom. The SMILES string of the molecule is Cc1nn(C)c(N(C)CCN2CCCC2)c1CNC(C)C. The van der Waals surface area contributed by atoms with Gasteiger partial charge in [0.1, 0.15) is 5.82 Å². The third-order valence-electron chi connectivity index (χ3n) is 4.31. The van der Waals surface area contributed by atoms with E-state index in [2.05, 4.69) is 48.0 Å². The predicted octanol–water partition coefficient (Wildman–Crippen LogP) is 1.76. The molecule has 1 fully saturated rings. The largest absolute Gasteiger partial charge is 0.358 e. The second kappa shape index (κ2) is 7.27. The molecular weight excluding hydrogens is 262 g/mol. The van der Waals surface area contributed by atoms with Crippen LogP contribution in [-0.4, -0.2) is 53.9 Å². The van der Waals surface area contributed by atoms with Crippen LogP contribution in [0.3, 0.4) is 0 Å². The lowest BCUT2D eigenvalue weighted by molar-refractivity contribution is 0.346. The van der Waals surface area contributed by atoms with E-state index in [0.717, 1.165) is 25.3 Å². The zero-order valence-corrected chi connectivity index (χ0v) is 14.3. The normalized spacial score (nSPS) is 16.1. The number of hydrogen-bond donors (Lipinski definition) is 1. The Kier molecular flexibility index (Phi) is 5.65. The molecule has 2 rings (SSSR count). The first-order chi connectivity index (χ1) is 9.99. The van der Waals surface area contributed by atoms with E-state index in [1.54, 1.807) is 0 Å². The molecule has 0 saturated carbocycles. The van der Waals surface area contributed by atoms with Crippen LogP contribution in [0.2, 0.25) is 0 Å². The molecule has 2 heterocycles.